The maximum absolute atomic E-state index is 11.4. The standard InChI is InChI=1S/C9H10ClN3O3S/c1-13-9-6(4-11-13)3-8(10)12-7(9)5-17(14,15)16-2/h3-4H,5H2,1-2H3. The molecule has 0 atom stereocenters. The van der Waals surface area contributed by atoms with Gasteiger partial charge >= 0.3 is 0 Å². The molecule has 0 fully saturated rings. The molecule has 0 amide bonds. The molecule has 0 aliphatic heterocycles. The van der Waals surface area contributed by atoms with Crippen molar-refractivity contribution in [3.05, 3.63) is 23.1 Å². The second-order valence-electron chi connectivity index (χ2n) is 3.47. The number of hydrogen-bond donors (Lipinski definition) is 0. The van der Waals surface area contributed by atoms with Gasteiger partial charge in [0.05, 0.1) is 24.5 Å². The number of nitrogens with zero attached hydrogens (tertiary/aromatic N) is 3. The molecule has 6 nitrogen and oxygen atoms in total. The summed E-state index contributed by atoms with van der Waals surface area (Å²) in [5.74, 6) is -0.333. The number of hydrogen-bond acceptors (Lipinski definition) is 5. The molecule has 2 rings (SSSR count). The number of aromatic nitrogens is 3. The summed E-state index contributed by atoms with van der Waals surface area (Å²) in [5.41, 5.74) is 0.962. The fourth-order valence-corrected chi connectivity index (χ4v) is 2.46. The first-order chi connectivity index (χ1) is 7.93. The summed E-state index contributed by atoms with van der Waals surface area (Å²) < 4.78 is 28.8. The average Bonchev–Trinajstić information content (AvgIpc) is 2.59. The van der Waals surface area contributed by atoms with Crippen LogP contribution >= 0.6 is 11.6 Å². The van der Waals surface area contributed by atoms with Crippen LogP contribution in [-0.2, 0) is 27.1 Å². The van der Waals surface area contributed by atoms with Crippen LogP contribution in [0.5, 0.6) is 0 Å². The van der Waals surface area contributed by atoms with Gasteiger partial charge in [0.25, 0.3) is 10.1 Å². The summed E-state index contributed by atoms with van der Waals surface area (Å²) in [7, 11) is -0.817. The molecule has 8 heteroatoms. The molecule has 2 aromatic rings. The first-order valence-corrected chi connectivity index (χ1v) is 6.64. The quantitative estimate of drug-likeness (QED) is 0.619. The highest BCUT2D eigenvalue weighted by Crippen LogP contribution is 2.22. The van der Waals surface area contributed by atoms with Crippen molar-refractivity contribution in [2.75, 3.05) is 7.11 Å². The lowest BCUT2D eigenvalue weighted by Crippen LogP contribution is -2.09. The predicted octanol–water partition coefficient (Wildman–Crippen LogP) is 1.10. The highest BCUT2D eigenvalue weighted by Gasteiger charge is 2.17. The lowest BCUT2D eigenvalue weighted by Gasteiger charge is -2.05. The van der Waals surface area contributed by atoms with Crippen LogP contribution < -0.4 is 0 Å². The van der Waals surface area contributed by atoms with Crippen molar-refractivity contribution in [2.24, 2.45) is 7.05 Å². The molecule has 0 bridgehead atoms. The Balaban J connectivity index is 2.63. The molecule has 17 heavy (non-hydrogen) atoms. The lowest BCUT2D eigenvalue weighted by atomic mass is 10.3. The molecule has 0 N–H and O–H groups in total. The van der Waals surface area contributed by atoms with Gasteiger partial charge in [0.2, 0.25) is 0 Å². The summed E-state index contributed by atoms with van der Waals surface area (Å²) in [6.45, 7) is 0. The van der Waals surface area contributed by atoms with Gasteiger partial charge < -0.3 is 0 Å². The van der Waals surface area contributed by atoms with E-state index < -0.39 is 10.1 Å². The Hall–Kier alpha value is -1.18. The Morgan fingerprint density at radius 3 is 2.88 bits per heavy atom. The third kappa shape index (κ3) is 2.41. The van der Waals surface area contributed by atoms with E-state index in [2.05, 4.69) is 14.3 Å². The summed E-state index contributed by atoms with van der Waals surface area (Å²) in [6.07, 6.45) is 1.60. The lowest BCUT2D eigenvalue weighted by molar-refractivity contribution is 0.396. The predicted molar refractivity (Wildman–Crippen MR) is 63.2 cm³/mol. The number of fused-ring (bicyclic) bond motifs is 1. The first-order valence-electron chi connectivity index (χ1n) is 4.68. The fraction of sp³-hybridized carbons (Fsp3) is 0.333. The second-order valence-corrected chi connectivity index (χ2v) is 5.59. The van der Waals surface area contributed by atoms with E-state index in [0.717, 1.165) is 12.5 Å². The molecule has 2 heterocycles. The van der Waals surface area contributed by atoms with E-state index in [1.165, 1.54) is 0 Å². The Labute approximate surface area is 103 Å². The van der Waals surface area contributed by atoms with E-state index in [1.54, 1.807) is 24.0 Å². The van der Waals surface area contributed by atoms with Gasteiger partial charge in [0, 0.05) is 12.4 Å². The third-order valence-electron chi connectivity index (χ3n) is 2.32. The highest BCUT2D eigenvalue weighted by atomic mass is 35.5. The largest absolute Gasteiger partial charge is 0.273 e. The molecule has 0 spiro atoms. The first kappa shape index (κ1) is 12.3. The van der Waals surface area contributed by atoms with Crippen LogP contribution in [0.1, 0.15) is 5.69 Å². The van der Waals surface area contributed by atoms with Gasteiger partial charge in [-0.3, -0.25) is 8.86 Å². The topological polar surface area (TPSA) is 74.1 Å². The molecule has 0 aliphatic carbocycles. The zero-order valence-corrected chi connectivity index (χ0v) is 10.8. The third-order valence-corrected chi connectivity index (χ3v) is 3.65. The molecule has 0 aliphatic rings. The van der Waals surface area contributed by atoms with Crippen LogP contribution in [0.4, 0.5) is 0 Å². The van der Waals surface area contributed by atoms with Gasteiger partial charge in [0.1, 0.15) is 10.9 Å². The van der Waals surface area contributed by atoms with E-state index >= 15 is 0 Å². The maximum Gasteiger partial charge on any atom is 0.272 e. The van der Waals surface area contributed by atoms with E-state index in [1.807, 2.05) is 0 Å². The number of aryl methyl sites for hydroxylation is 1. The van der Waals surface area contributed by atoms with Crippen molar-refractivity contribution in [3.63, 3.8) is 0 Å². The van der Waals surface area contributed by atoms with Crippen LogP contribution in [0, 0.1) is 0 Å². The zero-order chi connectivity index (χ0) is 12.6. The summed E-state index contributed by atoms with van der Waals surface area (Å²) in [6, 6.07) is 1.63. The maximum atomic E-state index is 11.4. The Bertz CT molecular complexity index is 665. The highest BCUT2D eigenvalue weighted by molar-refractivity contribution is 7.85. The van der Waals surface area contributed by atoms with Crippen molar-refractivity contribution >= 4 is 32.6 Å². The summed E-state index contributed by atoms with van der Waals surface area (Å²) in [5, 5.41) is 5.01. The number of rotatable bonds is 3. The van der Waals surface area contributed by atoms with Crippen molar-refractivity contribution in [2.45, 2.75) is 5.75 Å². The molecule has 2 aromatic heterocycles. The van der Waals surface area contributed by atoms with Crippen LogP contribution in [0.15, 0.2) is 12.3 Å². The Morgan fingerprint density at radius 1 is 1.53 bits per heavy atom. The zero-order valence-electron chi connectivity index (χ0n) is 9.21. The minimum absolute atomic E-state index is 0.229. The van der Waals surface area contributed by atoms with Crippen LogP contribution in [-0.4, -0.2) is 30.3 Å². The number of halogens is 1. The van der Waals surface area contributed by atoms with Crippen molar-refractivity contribution < 1.29 is 12.6 Å². The Morgan fingerprint density at radius 2 is 2.24 bits per heavy atom. The normalized spacial score (nSPS) is 12.2. The molecule has 0 saturated heterocycles. The van der Waals surface area contributed by atoms with Gasteiger partial charge in [-0.05, 0) is 6.07 Å². The SMILES string of the molecule is COS(=O)(=O)Cc1nc(Cl)cc2cnn(C)c12. The molecular formula is C9H10ClN3O3S. The fourth-order valence-electron chi connectivity index (χ4n) is 1.58. The van der Waals surface area contributed by atoms with Gasteiger partial charge in [0.15, 0.2) is 0 Å². The minimum atomic E-state index is -3.64. The van der Waals surface area contributed by atoms with E-state index in [-0.39, 0.29) is 10.9 Å². The smallest absolute Gasteiger partial charge is 0.272 e. The van der Waals surface area contributed by atoms with E-state index in [9.17, 15) is 8.42 Å². The number of pyridine rings is 1. The van der Waals surface area contributed by atoms with Gasteiger partial charge in [-0.15, -0.1) is 0 Å². The van der Waals surface area contributed by atoms with Crippen molar-refractivity contribution in [3.8, 4) is 0 Å². The van der Waals surface area contributed by atoms with Gasteiger partial charge in [-0.2, -0.15) is 13.5 Å². The molecule has 0 saturated carbocycles. The van der Waals surface area contributed by atoms with Crippen LogP contribution in [0.25, 0.3) is 10.9 Å². The van der Waals surface area contributed by atoms with Gasteiger partial charge in [-0.1, -0.05) is 11.6 Å². The second kappa shape index (κ2) is 4.25. The summed E-state index contributed by atoms with van der Waals surface area (Å²) >= 11 is 5.82. The average molecular weight is 276 g/mol. The summed E-state index contributed by atoms with van der Waals surface area (Å²) in [4.78, 5) is 4.01. The minimum Gasteiger partial charge on any atom is -0.273 e. The monoisotopic (exact) mass is 275 g/mol. The van der Waals surface area contributed by atoms with Gasteiger partial charge in [-0.25, -0.2) is 4.98 Å². The molecular weight excluding hydrogens is 266 g/mol. The Kier molecular flexibility index (Phi) is 3.07. The van der Waals surface area contributed by atoms with E-state index in [4.69, 9.17) is 11.6 Å². The van der Waals surface area contributed by atoms with Crippen LogP contribution in [0.2, 0.25) is 5.15 Å². The van der Waals surface area contributed by atoms with E-state index in [0.29, 0.717) is 11.2 Å². The molecule has 0 radical (unpaired) electrons. The molecule has 0 unspecified atom stereocenters. The molecule has 0 aromatic carbocycles. The van der Waals surface area contributed by atoms with Crippen LogP contribution in [0.3, 0.4) is 0 Å². The molecule has 92 valence electrons. The van der Waals surface area contributed by atoms with Crippen molar-refractivity contribution in [1.29, 1.82) is 0 Å². The van der Waals surface area contributed by atoms with Crippen molar-refractivity contribution in [1.82, 2.24) is 14.8 Å².